The van der Waals surface area contributed by atoms with Gasteiger partial charge in [-0.25, -0.2) is 9.48 Å². The van der Waals surface area contributed by atoms with E-state index < -0.39 is 17.7 Å². The normalized spacial score (nSPS) is 11.4. The summed E-state index contributed by atoms with van der Waals surface area (Å²) in [5, 5.41) is 16.8. The highest BCUT2D eigenvalue weighted by Crippen LogP contribution is 2.36. The molecular weight excluding hydrogens is 499 g/mol. The molecule has 3 aromatic carbocycles. The van der Waals surface area contributed by atoms with Crippen LogP contribution in [0.25, 0.3) is 16.9 Å². The van der Waals surface area contributed by atoms with Crippen molar-refractivity contribution in [1.82, 2.24) is 9.78 Å². The number of aromatic carboxylic acids is 1. The van der Waals surface area contributed by atoms with Crippen LogP contribution in [0, 0.1) is 0 Å². The number of carboxylic acid groups (broad SMARTS) is 1. The summed E-state index contributed by atoms with van der Waals surface area (Å²) < 4.78 is 41.3. The lowest BCUT2D eigenvalue weighted by molar-refractivity contribution is -0.138. The summed E-state index contributed by atoms with van der Waals surface area (Å²) in [6.45, 7) is 0.233. The van der Waals surface area contributed by atoms with E-state index in [1.807, 2.05) is 30.3 Å². The van der Waals surface area contributed by atoms with Crippen molar-refractivity contribution in [1.29, 1.82) is 0 Å². The molecule has 9 heteroatoms. The quantitative estimate of drug-likeness (QED) is 0.302. The van der Waals surface area contributed by atoms with Crippen LogP contribution in [0.15, 0.2) is 83.5 Å². The Kier molecular flexibility index (Phi) is 6.24. The van der Waals surface area contributed by atoms with E-state index in [0.717, 1.165) is 17.2 Å². The number of hydrogen-bond acceptors (Lipinski definition) is 3. The third kappa shape index (κ3) is 5.09. The van der Waals surface area contributed by atoms with E-state index in [1.165, 1.54) is 18.2 Å². The maximum Gasteiger partial charge on any atom is 0.417 e. The van der Waals surface area contributed by atoms with Crippen molar-refractivity contribution in [3.8, 4) is 16.9 Å². The number of rotatable bonds is 6. The SMILES string of the molecule is O=C(O)c1ccc(-n2cc(CNc3ccc(Br)c(C(F)(F)F)c3)c(-c3ccccc3)n2)cc1. The van der Waals surface area contributed by atoms with Gasteiger partial charge in [0, 0.05) is 34.0 Å². The van der Waals surface area contributed by atoms with Crippen molar-refractivity contribution in [3.63, 3.8) is 0 Å². The number of alkyl halides is 3. The summed E-state index contributed by atoms with van der Waals surface area (Å²) in [6.07, 6.45) is -2.70. The Labute approximate surface area is 195 Å². The lowest BCUT2D eigenvalue weighted by atomic mass is 10.1. The molecule has 0 amide bonds. The third-order valence-electron chi connectivity index (χ3n) is 4.97. The van der Waals surface area contributed by atoms with Crippen LogP contribution in [0.1, 0.15) is 21.5 Å². The molecule has 5 nitrogen and oxygen atoms in total. The van der Waals surface area contributed by atoms with E-state index >= 15 is 0 Å². The van der Waals surface area contributed by atoms with Gasteiger partial charge in [0.05, 0.1) is 22.5 Å². The van der Waals surface area contributed by atoms with Crippen LogP contribution < -0.4 is 5.32 Å². The van der Waals surface area contributed by atoms with Crippen LogP contribution in [0.2, 0.25) is 0 Å². The van der Waals surface area contributed by atoms with Gasteiger partial charge in [0.25, 0.3) is 0 Å². The molecule has 4 aromatic rings. The van der Waals surface area contributed by atoms with Crippen molar-refractivity contribution in [3.05, 3.63) is 100 Å². The molecule has 168 valence electrons. The van der Waals surface area contributed by atoms with Gasteiger partial charge < -0.3 is 10.4 Å². The molecule has 0 aliphatic carbocycles. The van der Waals surface area contributed by atoms with Gasteiger partial charge in [-0.05, 0) is 42.5 Å². The van der Waals surface area contributed by atoms with Crippen LogP contribution in [-0.4, -0.2) is 20.9 Å². The first-order valence-corrected chi connectivity index (χ1v) is 10.6. The maximum atomic E-state index is 13.2. The molecule has 4 rings (SSSR count). The molecule has 0 unspecified atom stereocenters. The summed E-state index contributed by atoms with van der Waals surface area (Å²) in [7, 11) is 0. The third-order valence-corrected chi connectivity index (χ3v) is 5.66. The molecule has 0 spiro atoms. The summed E-state index contributed by atoms with van der Waals surface area (Å²) in [6, 6.07) is 19.7. The largest absolute Gasteiger partial charge is 0.478 e. The van der Waals surface area contributed by atoms with Crippen LogP contribution in [-0.2, 0) is 12.7 Å². The summed E-state index contributed by atoms with van der Waals surface area (Å²) in [4.78, 5) is 11.1. The molecule has 0 radical (unpaired) electrons. The van der Waals surface area contributed by atoms with Crippen molar-refractivity contribution in [2.75, 3.05) is 5.32 Å². The lowest BCUT2D eigenvalue weighted by Gasteiger charge is -2.12. The number of benzene rings is 3. The first kappa shape index (κ1) is 22.6. The molecule has 1 aromatic heterocycles. The van der Waals surface area contributed by atoms with E-state index in [0.29, 0.717) is 17.1 Å². The van der Waals surface area contributed by atoms with Crippen molar-refractivity contribution in [2.45, 2.75) is 12.7 Å². The highest BCUT2D eigenvalue weighted by atomic mass is 79.9. The molecule has 1 heterocycles. The number of nitrogens with one attached hydrogen (secondary N) is 1. The van der Waals surface area contributed by atoms with Gasteiger partial charge in [-0.1, -0.05) is 46.3 Å². The Balaban J connectivity index is 1.66. The van der Waals surface area contributed by atoms with Crippen LogP contribution in [0.4, 0.5) is 18.9 Å². The topological polar surface area (TPSA) is 67.2 Å². The van der Waals surface area contributed by atoms with E-state index in [1.54, 1.807) is 29.1 Å². The summed E-state index contributed by atoms with van der Waals surface area (Å²) in [5.41, 5.74) is 2.66. The van der Waals surface area contributed by atoms with Crippen LogP contribution in [0.5, 0.6) is 0 Å². The highest BCUT2D eigenvalue weighted by Gasteiger charge is 2.33. The second-order valence-electron chi connectivity index (χ2n) is 7.21. The minimum atomic E-state index is -4.47. The predicted octanol–water partition coefficient (Wildman–Crippen LogP) is 6.63. The Hall–Kier alpha value is -3.59. The minimum Gasteiger partial charge on any atom is -0.478 e. The lowest BCUT2D eigenvalue weighted by Crippen LogP contribution is -2.08. The van der Waals surface area contributed by atoms with Crippen molar-refractivity contribution >= 4 is 27.6 Å². The molecule has 0 saturated heterocycles. The van der Waals surface area contributed by atoms with E-state index in [2.05, 4.69) is 26.3 Å². The molecular formula is C24H17BrF3N3O2. The Morgan fingerprint density at radius 2 is 1.73 bits per heavy atom. The number of anilines is 1. The zero-order chi connectivity index (χ0) is 23.6. The van der Waals surface area contributed by atoms with E-state index in [-0.39, 0.29) is 16.6 Å². The number of hydrogen-bond donors (Lipinski definition) is 2. The standard InChI is InChI=1S/C24H17BrF3N3O2/c25-21-11-8-18(12-20(21)24(26,27)28)29-13-17-14-31(19-9-6-16(7-10-19)23(32)33)30-22(17)15-4-2-1-3-5-15/h1-12,14,29H,13H2,(H,32,33). The number of carboxylic acids is 1. The van der Waals surface area contributed by atoms with E-state index in [9.17, 15) is 18.0 Å². The Morgan fingerprint density at radius 3 is 2.36 bits per heavy atom. The number of carbonyl (C=O) groups is 1. The van der Waals surface area contributed by atoms with Gasteiger partial charge in [0.2, 0.25) is 0 Å². The van der Waals surface area contributed by atoms with Gasteiger partial charge in [0.1, 0.15) is 0 Å². The fourth-order valence-electron chi connectivity index (χ4n) is 3.32. The minimum absolute atomic E-state index is 0.0249. The molecule has 2 N–H and O–H groups in total. The van der Waals surface area contributed by atoms with Crippen LogP contribution in [0.3, 0.4) is 0 Å². The zero-order valence-corrected chi connectivity index (χ0v) is 18.6. The molecule has 33 heavy (non-hydrogen) atoms. The number of nitrogens with zero attached hydrogens (tertiary/aromatic N) is 2. The average molecular weight is 516 g/mol. The molecule has 0 aliphatic heterocycles. The maximum absolute atomic E-state index is 13.2. The molecule has 0 bridgehead atoms. The first-order valence-electron chi connectivity index (χ1n) is 9.80. The van der Waals surface area contributed by atoms with Gasteiger partial charge in [0.15, 0.2) is 0 Å². The second kappa shape index (κ2) is 9.11. The summed E-state index contributed by atoms with van der Waals surface area (Å²) >= 11 is 2.95. The van der Waals surface area contributed by atoms with Gasteiger partial charge in [-0.15, -0.1) is 0 Å². The highest BCUT2D eigenvalue weighted by molar-refractivity contribution is 9.10. The predicted molar refractivity (Wildman–Crippen MR) is 122 cm³/mol. The molecule has 0 saturated carbocycles. The number of halogens is 4. The Bertz CT molecular complexity index is 1290. The monoisotopic (exact) mass is 515 g/mol. The average Bonchev–Trinajstić information content (AvgIpc) is 3.23. The first-order chi connectivity index (χ1) is 15.7. The summed E-state index contributed by atoms with van der Waals surface area (Å²) in [5.74, 6) is -1.02. The Morgan fingerprint density at radius 1 is 1.03 bits per heavy atom. The van der Waals surface area contributed by atoms with Gasteiger partial charge in [-0.2, -0.15) is 18.3 Å². The van der Waals surface area contributed by atoms with Crippen LogP contribution >= 0.6 is 15.9 Å². The fourth-order valence-corrected chi connectivity index (χ4v) is 3.79. The molecule has 0 atom stereocenters. The zero-order valence-electron chi connectivity index (χ0n) is 17.0. The molecule has 0 aliphatic rings. The van der Waals surface area contributed by atoms with E-state index in [4.69, 9.17) is 5.11 Å². The fraction of sp³-hybridized carbons (Fsp3) is 0.0833. The van der Waals surface area contributed by atoms with Crippen molar-refractivity contribution < 1.29 is 23.1 Å². The number of aromatic nitrogens is 2. The smallest absolute Gasteiger partial charge is 0.417 e. The van der Waals surface area contributed by atoms with Gasteiger partial charge in [-0.3, -0.25) is 0 Å². The molecule has 0 fully saturated rings. The van der Waals surface area contributed by atoms with Crippen molar-refractivity contribution in [2.24, 2.45) is 0 Å². The van der Waals surface area contributed by atoms with Gasteiger partial charge >= 0.3 is 12.1 Å². The second-order valence-corrected chi connectivity index (χ2v) is 8.07.